The van der Waals surface area contributed by atoms with Crippen LogP contribution in [0.2, 0.25) is 0 Å². The topological polar surface area (TPSA) is 30.7 Å². The van der Waals surface area contributed by atoms with Gasteiger partial charge in [-0.15, -0.1) is 11.3 Å². The molecule has 3 aromatic heterocycles. The third-order valence-electron chi connectivity index (χ3n) is 9.22. The molecule has 0 aliphatic heterocycles. The molecule has 10 rings (SSSR count). The summed E-state index contributed by atoms with van der Waals surface area (Å²) in [7, 11) is 0. The maximum atomic E-state index is 5.35. The molecule has 0 aliphatic carbocycles. The lowest BCUT2D eigenvalue weighted by molar-refractivity contribution is 1.01. The summed E-state index contributed by atoms with van der Waals surface area (Å²) < 4.78 is 4.84. The minimum absolute atomic E-state index is 0.678. The van der Waals surface area contributed by atoms with Crippen molar-refractivity contribution < 1.29 is 0 Å². The van der Waals surface area contributed by atoms with E-state index in [1.165, 1.54) is 52.8 Å². The Bertz CT molecular complexity index is 2800. The van der Waals surface area contributed by atoms with Gasteiger partial charge in [-0.1, -0.05) is 121 Å². The standard InChI is InChI=1S/C42H25N3S/c1-2-12-29-26(10-1)11-9-16-30(29)27-20-22-28(23-21-27)41-33-15-3-6-17-36(33)43-42(44-41)45-37-18-7-4-13-31(37)34-25-40-35(24-38(34)45)32-14-5-8-19-39(32)46-40/h1-25H. The molecule has 0 atom stereocenters. The molecule has 0 spiro atoms. The van der Waals surface area contributed by atoms with Crippen molar-refractivity contribution in [2.24, 2.45) is 0 Å². The van der Waals surface area contributed by atoms with Gasteiger partial charge in [0.2, 0.25) is 5.95 Å². The molecule has 7 aromatic carbocycles. The molecule has 0 N–H and O–H groups in total. The van der Waals surface area contributed by atoms with Crippen molar-refractivity contribution in [1.82, 2.24) is 14.5 Å². The zero-order chi connectivity index (χ0) is 30.2. The predicted molar refractivity (Wildman–Crippen MR) is 195 cm³/mol. The van der Waals surface area contributed by atoms with Gasteiger partial charge in [0.05, 0.1) is 22.2 Å². The van der Waals surface area contributed by atoms with Crippen molar-refractivity contribution in [2.75, 3.05) is 0 Å². The molecule has 0 saturated carbocycles. The van der Waals surface area contributed by atoms with Crippen LogP contribution < -0.4 is 0 Å². The van der Waals surface area contributed by atoms with E-state index in [0.717, 1.165) is 33.2 Å². The number of hydrogen-bond donors (Lipinski definition) is 0. The van der Waals surface area contributed by atoms with E-state index in [1.807, 2.05) is 11.3 Å². The summed E-state index contributed by atoms with van der Waals surface area (Å²) in [4.78, 5) is 10.5. The Hall–Kier alpha value is -5.84. The van der Waals surface area contributed by atoms with Crippen LogP contribution in [0.4, 0.5) is 0 Å². The van der Waals surface area contributed by atoms with Crippen LogP contribution in [0.5, 0.6) is 0 Å². The van der Waals surface area contributed by atoms with Crippen LogP contribution in [0.15, 0.2) is 152 Å². The van der Waals surface area contributed by atoms with Crippen molar-refractivity contribution in [1.29, 1.82) is 0 Å². The molecule has 0 radical (unpaired) electrons. The number of thiophene rings is 1. The Kier molecular flexibility index (Phi) is 5.45. The van der Waals surface area contributed by atoms with Crippen molar-refractivity contribution in [3.05, 3.63) is 152 Å². The van der Waals surface area contributed by atoms with Crippen LogP contribution in [-0.4, -0.2) is 14.5 Å². The van der Waals surface area contributed by atoms with Crippen molar-refractivity contribution in [3.8, 4) is 28.3 Å². The van der Waals surface area contributed by atoms with E-state index in [-0.39, 0.29) is 0 Å². The van der Waals surface area contributed by atoms with Gasteiger partial charge in [0, 0.05) is 41.9 Å². The van der Waals surface area contributed by atoms with E-state index in [0.29, 0.717) is 5.95 Å². The molecule has 0 fully saturated rings. The fourth-order valence-corrected chi connectivity index (χ4v) is 8.20. The first-order valence-corrected chi connectivity index (χ1v) is 16.3. The molecule has 0 unspecified atom stereocenters. The average molecular weight is 604 g/mol. The second-order valence-electron chi connectivity index (χ2n) is 11.8. The summed E-state index contributed by atoms with van der Waals surface area (Å²) in [6.45, 7) is 0. The van der Waals surface area contributed by atoms with Crippen LogP contribution >= 0.6 is 11.3 Å². The largest absolute Gasteiger partial charge is 0.278 e. The Morgan fingerprint density at radius 2 is 1.13 bits per heavy atom. The SMILES string of the molecule is c1ccc2c(-c3ccc(-c4nc(-n5c6ccccc6c6cc7sc8ccccc8c7cc65)nc5ccccc45)cc3)cccc2c1. The first-order valence-electron chi connectivity index (χ1n) is 15.5. The monoisotopic (exact) mass is 603 g/mol. The summed E-state index contributed by atoms with van der Waals surface area (Å²) in [6.07, 6.45) is 0. The number of rotatable bonds is 3. The number of fused-ring (bicyclic) bond motifs is 8. The molecule has 0 aliphatic rings. The molecular formula is C42H25N3S. The normalized spacial score (nSPS) is 11.9. The van der Waals surface area contributed by atoms with Crippen molar-refractivity contribution in [3.63, 3.8) is 0 Å². The van der Waals surface area contributed by atoms with Gasteiger partial charge in [-0.05, 0) is 52.2 Å². The molecular weight excluding hydrogens is 579 g/mol. The Balaban J connectivity index is 1.21. The second kappa shape index (κ2) is 9.83. The van der Waals surface area contributed by atoms with Gasteiger partial charge in [-0.25, -0.2) is 9.97 Å². The molecule has 0 saturated heterocycles. The van der Waals surface area contributed by atoms with Gasteiger partial charge >= 0.3 is 0 Å². The summed E-state index contributed by atoms with van der Waals surface area (Å²) >= 11 is 1.85. The van der Waals surface area contributed by atoms with Crippen molar-refractivity contribution >= 4 is 75.0 Å². The van der Waals surface area contributed by atoms with Crippen LogP contribution in [0, 0.1) is 0 Å². The molecule has 0 bridgehead atoms. The molecule has 3 heterocycles. The van der Waals surface area contributed by atoms with Crippen molar-refractivity contribution in [2.45, 2.75) is 0 Å². The van der Waals surface area contributed by atoms with E-state index in [9.17, 15) is 0 Å². The third kappa shape index (κ3) is 3.77. The molecule has 46 heavy (non-hydrogen) atoms. The molecule has 214 valence electrons. The van der Waals surface area contributed by atoms with E-state index < -0.39 is 0 Å². The van der Waals surface area contributed by atoms with Crippen LogP contribution in [0.25, 0.3) is 92.0 Å². The number of benzene rings is 7. The highest BCUT2D eigenvalue weighted by Crippen LogP contribution is 2.41. The Morgan fingerprint density at radius 1 is 0.435 bits per heavy atom. The van der Waals surface area contributed by atoms with Crippen LogP contribution in [-0.2, 0) is 0 Å². The van der Waals surface area contributed by atoms with Gasteiger partial charge in [0.15, 0.2) is 0 Å². The smallest absolute Gasteiger partial charge is 0.235 e. The van der Waals surface area contributed by atoms with Crippen LogP contribution in [0.3, 0.4) is 0 Å². The highest BCUT2D eigenvalue weighted by molar-refractivity contribution is 7.25. The molecule has 10 aromatic rings. The fraction of sp³-hybridized carbons (Fsp3) is 0. The first kappa shape index (κ1) is 25.5. The maximum Gasteiger partial charge on any atom is 0.235 e. The molecule has 4 heteroatoms. The third-order valence-corrected chi connectivity index (χ3v) is 10.4. The van der Waals surface area contributed by atoms with E-state index >= 15 is 0 Å². The molecule has 0 amide bonds. The number of aromatic nitrogens is 3. The number of hydrogen-bond acceptors (Lipinski definition) is 3. The summed E-state index contributed by atoms with van der Waals surface area (Å²) in [5.74, 6) is 0.678. The Morgan fingerprint density at radius 3 is 2.02 bits per heavy atom. The quantitative estimate of drug-likeness (QED) is 0.201. The lowest BCUT2D eigenvalue weighted by atomic mass is 9.96. The summed E-state index contributed by atoms with van der Waals surface area (Å²) in [5.41, 5.74) is 7.56. The van der Waals surface area contributed by atoms with Gasteiger partial charge in [-0.3, -0.25) is 4.57 Å². The highest BCUT2D eigenvalue weighted by Gasteiger charge is 2.19. The fourth-order valence-electron chi connectivity index (χ4n) is 7.07. The first-order chi connectivity index (χ1) is 22.8. The van der Waals surface area contributed by atoms with Gasteiger partial charge in [-0.2, -0.15) is 0 Å². The maximum absolute atomic E-state index is 5.35. The Labute approximate surface area is 268 Å². The molecule has 3 nitrogen and oxygen atoms in total. The van der Waals surface area contributed by atoms with E-state index in [2.05, 4.69) is 156 Å². The zero-order valence-corrected chi connectivity index (χ0v) is 25.5. The van der Waals surface area contributed by atoms with Gasteiger partial charge < -0.3 is 0 Å². The average Bonchev–Trinajstić information content (AvgIpc) is 3.65. The van der Waals surface area contributed by atoms with Gasteiger partial charge in [0.25, 0.3) is 0 Å². The zero-order valence-electron chi connectivity index (χ0n) is 24.7. The van der Waals surface area contributed by atoms with E-state index in [1.54, 1.807) is 0 Å². The summed E-state index contributed by atoms with van der Waals surface area (Å²) in [6, 6.07) is 54.2. The van der Waals surface area contributed by atoms with E-state index in [4.69, 9.17) is 9.97 Å². The second-order valence-corrected chi connectivity index (χ2v) is 12.9. The summed E-state index contributed by atoms with van der Waals surface area (Å²) in [5, 5.41) is 8.51. The number of para-hydroxylation sites is 2. The lowest BCUT2D eigenvalue weighted by Crippen LogP contribution is -2.03. The van der Waals surface area contributed by atoms with Gasteiger partial charge in [0.1, 0.15) is 0 Å². The highest BCUT2D eigenvalue weighted by atomic mass is 32.1. The minimum atomic E-state index is 0.678. The van der Waals surface area contributed by atoms with Crippen LogP contribution in [0.1, 0.15) is 0 Å². The number of nitrogens with zero attached hydrogens (tertiary/aromatic N) is 3. The predicted octanol–water partition coefficient (Wildman–Crippen LogP) is 11.6. The lowest BCUT2D eigenvalue weighted by Gasteiger charge is -2.12. The minimum Gasteiger partial charge on any atom is -0.278 e.